The van der Waals surface area contributed by atoms with Crippen molar-refractivity contribution < 1.29 is 0 Å². The van der Waals surface area contributed by atoms with Crippen LogP contribution < -0.4 is 10.2 Å². The van der Waals surface area contributed by atoms with E-state index in [0.29, 0.717) is 0 Å². The van der Waals surface area contributed by atoms with Crippen LogP contribution in [0.4, 0.5) is 5.82 Å². The molecule has 0 spiro atoms. The standard InChI is InChI=1S/C18H28N6S/c1-18(2,3)17-21-20-15-4-5-16(22-24(15)17)23-11-13(12-23)10-19-14-6-8-25-9-7-14/h4-5,13-14,19H,6-12H2,1-3H3. The van der Waals surface area contributed by atoms with E-state index in [9.17, 15) is 0 Å². The fourth-order valence-corrected chi connectivity index (χ4v) is 4.64. The van der Waals surface area contributed by atoms with Crippen molar-refractivity contribution >= 4 is 23.2 Å². The molecule has 4 rings (SSSR count). The summed E-state index contributed by atoms with van der Waals surface area (Å²) in [7, 11) is 0. The number of hydrogen-bond acceptors (Lipinski definition) is 6. The molecule has 136 valence electrons. The molecule has 0 aromatic carbocycles. The third-order valence-corrected chi connectivity index (χ3v) is 6.17. The van der Waals surface area contributed by atoms with Crippen molar-refractivity contribution in [2.45, 2.75) is 45.1 Å². The summed E-state index contributed by atoms with van der Waals surface area (Å²) >= 11 is 2.09. The van der Waals surface area contributed by atoms with E-state index in [0.717, 1.165) is 48.9 Å². The van der Waals surface area contributed by atoms with Crippen molar-refractivity contribution in [3.05, 3.63) is 18.0 Å². The van der Waals surface area contributed by atoms with Crippen LogP contribution in [0.25, 0.3) is 5.65 Å². The highest BCUT2D eigenvalue weighted by molar-refractivity contribution is 7.99. The largest absolute Gasteiger partial charge is 0.354 e. The highest BCUT2D eigenvalue weighted by Gasteiger charge is 2.29. The molecule has 0 aliphatic carbocycles. The molecule has 2 aromatic rings. The van der Waals surface area contributed by atoms with Gasteiger partial charge in [-0.15, -0.1) is 15.3 Å². The van der Waals surface area contributed by atoms with Crippen molar-refractivity contribution in [2.24, 2.45) is 5.92 Å². The smallest absolute Gasteiger partial charge is 0.178 e. The van der Waals surface area contributed by atoms with Crippen LogP contribution in [0.1, 0.15) is 39.4 Å². The Labute approximate surface area is 153 Å². The van der Waals surface area contributed by atoms with Gasteiger partial charge in [0.1, 0.15) is 5.82 Å². The third kappa shape index (κ3) is 3.62. The SMILES string of the molecule is CC(C)(C)c1nnc2ccc(N3CC(CNC4CCSCC4)C3)nn12. The first-order valence-electron chi connectivity index (χ1n) is 9.30. The predicted molar refractivity (Wildman–Crippen MR) is 104 cm³/mol. The van der Waals surface area contributed by atoms with Gasteiger partial charge in [-0.3, -0.25) is 0 Å². The van der Waals surface area contributed by atoms with Gasteiger partial charge in [0.25, 0.3) is 0 Å². The van der Waals surface area contributed by atoms with E-state index in [1.54, 1.807) is 0 Å². The van der Waals surface area contributed by atoms with Gasteiger partial charge < -0.3 is 10.2 Å². The molecule has 7 heteroatoms. The first-order valence-corrected chi connectivity index (χ1v) is 10.5. The number of fused-ring (bicyclic) bond motifs is 1. The van der Waals surface area contributed by atoms with Gasteiger partial charge in [-0.2, -0.15) is 16.3 Å². The summed E-state index contributed by atoms with van der Waals surface area (Å²) < 4.78 is 1.90. The molecular weight excluding hydrogens is 332 g/mol. The molecule has 0 atom stereocenters. The molecular formula is C18H28N6S. The van der Waals surface area contributed by atoms with E-state index >= 15 is 0 Å². The Morgan fingerprint density at radius 3 is 2.64 bits per heavy atom. The summed E-state index contributed by atoms with van der Waals surface area (Å²) in [5, 5.41) is 17.1. The lowest BCUT2D eigenvalue weighted by atomic mass is 9.96. The summed E-state index contributed by atoms with van der Waals surface area (Å²) in [4.78, 5) is 2.36. The third-order valence-electron chi connectivity index (χ3n) is 5.12. The van der Waals surface area contributed by atoms with Crippen LogP contribution in [0.5, 0.6) is 0 Å². The van der Waals surface area contributed by atoms with Crippen LogP contribution in [0.15, 0.2) is 12.1 Å². The van der Waals surface area contributed by atoms with E-state index in [2.05, 4.69) is 59.0 Å². The molecule has 2 aliphatic rings. The van der Waals surface area contributed by atoms with Crippen LogP contribution in [-0.2, 0) is 5.41 Å². The van der Waals surface area contributed by atoms with Crippen molar-refractivity contribution in [2.75, 3.05) is 36.0 Å². The Kier molecular flexibility index (Phi) is 4.62. The first kappa shape index (κ1) is 17.1. The van der Waals surface area contributed by atoms with Gasteiger partial charge in [-0.25, -0.2) is 0 Å². The monoisotopic (exact) mass is 360 g/mol. The summed E-state index contributed by atoms with van der Waals surface area (Å²) in [6.07, 6.45) is 2.64. The zero-order valence-corrected chi connectivity index (χ0v) is 16.2. The fraction of sp³-hybridized carbons (Fsp3) is 0.722. The van der Waals surface area contributed by atoms with E-state index < -0.39 is 0 Å². The second kappa shape index (κ2) is 6.76. The summed E-state index contributed by atoms with van der Waals surface area (Å²) in [5.41, 5.74) is 0.757. The number of rotatable bonds is 4. The summed E-state index contributed by atoms with van der Waals surface area (Å²) in [5.74, 6) is 5.30. The second-order valence-corrected chi connectivity index (χ2v) is 9.53. The number of aromatic nitrogens is 4. The average molecular weight is 361 g/mol. The molecule has 0 amide bonds. The Morgan fingerprint density at radius 2 is 1.92 bits per heavy atom. The van der Waals surface area contributed by atoms with Gasteiger partial charge in [-0.1, -0.05) is 20.8 Å². The Hall–Kier alpha value is -1.34. The van der Waals surface area contributed by atoms with Crippen LogP contribution in [0.2, 0.25) is 0 Å². The number of nitrogens with zero attached hydrogens (tertiary/aromatic N) is 5. The minimum atomic E-state index is -0.0648. The Balaban J connectivity index is 1.37. The van der Waals surface area contributed by atoms with Crippen LogP contribution in [0.3, 0.4) is 0 Å². The van der Waals surface area contributed by atoms with Gasteiger partial charge >= 0.3 is 0 Å². The molecule has 2 aromatic heterocycles. The van der Waals surface area contributed by atoms with Gasteiger partial charge in [0.05, 0.1) is 0 Å². The number of hydrogen-bond donors (Lipinski definition) is 1. The van der Waals surface area contributed by atoms with E-state index in [-0.39, 0.29) is 5.41 Å². The minimum absolute atomic E-state index is 0.0648. The molecule has 25 heavy (non-hydrogen) atoms. The van der Waals surface area contributed by atoms with E-state index in [4.69, 9.17) is 5.10 Å². The fourth-order valence-electron chi connectivity index (χ4n) is 3.54. The summed E-state index contributed by atoms with van der Waals surface area (Å²) in [6, 6.07) is 4.82. The molecule has 2 saturated heterocycles. The van der Waals surface area contributed by atoms with Gasteiger partial charge in [-0.05, 0) is 36.5 Å². The lowest BCUT2D eigenvalue weighted by Gasteiger charge is -2.41. The van der Waals surface area contributed by atoms with Crippen LogP contribution in [-0.4, -0.2) is 57.0 Å². The van der Waals surface area contributed by atoms with Crippen molar-refractivity contribution in [1.82, 2.24) is 25.1 Å². The molecule has 4 heterocycles. The predicted octanol–water partition coefficient (Wildman–Crippen LogP) is 2.34. The lowest BCUT2D eigenvalue weighted by Crippen LogP contribution is -2.52. The first-order chi connectivity index (χ1) is 12.0. The molecule has 6 nitrogen and oxygen atoms in total. The lowest BCUT2D eigenvalue weighted by molar-refractivity contribution is 0.350. The Bertz CT molecular complexity index is 725. The quantitative estimate of drug-likeness (QED) is 0.903. The zero-order valence-electron chi connectivity index (χ0n) is 15.4. The normalized spacial score (nSPS) is 20.2. The van der Waals surface area contributed by atoms with Gasteiger partial charge in [0, 0.05) is 37.0 Å². The van der Waals surface area contributed by atoms with Gasteiger partial charge in [0.15, 0.2) is 11.5 Å². The summed E-state index contributed by atoms with van der Waals surface area (Å²) in [6.45, 7) is 9.74. The maximum absolute atomic E-state index is 4.80. The number of thioether (sulfide) groups is 1. The minimum Gasteiger partial charge on any atom is -0.354 e. The van der Waals surface area contributed by atoms with Gasteiger partial charge in [0.2, 0.25) is 0 Å². The van der Waals surface area contributed by atoms with E-state index in [1.165, 1.54) is 24.3 Å². The van der Waals surface area contributed by atoms with Crippen LogP contribution >= 0.6 is 11.8 Å². The Morgan fingerprint density at radius 1 is 1.16 bits per heavy atom. The van der Waals surface area contributed by atoms with Crippen LogP contribution in [0, 0.1) is 5.92 Å². The topological polar surface area (TPSA) is 58.4 Å². The van der Waals surface area contributed by atoms with Crippen molar-refractivity contribution in [1.29, 1.82) is 0 Å². The molecule has 0 radical (unpaired) electrons. The average Bonchev–Trinajstić information content (AvgIpc) is 2.98. The maximum Gasteiger partial charge on any atom is 0.178 e. The number of nitrogens with one attached hydrogen (secondary N) is 1. The molecule has 0 unspecified atom stereocenters. The van der Waals surface area contributed by atoms with Crippen molar-refractivity contribution in [3.8, 4) is 0 Å². The number of anilines is 1. The molecule has 2 aliphatic heterocycles. The molecule has 2 fully saturated rings. The van der Waals surface area contributed by atoms with Crippen molar-refractivity contribution in [3.63, 3.8) is 0 Å². The maximum atomic E-state index is 4.80. The molecule has 0 saturated carbocycles. The molecule has 1 N–H and O–H groups in total. The highest BCUT2D eigenvalue weighted by Crippen LogP contribution is 2.25. The molecule has 0 bridgehead atoms. The van der Waals surface area contributed by atoms with E-state index in [1.807, 2.05) is 10.6 Å². The highest BCUT2D eigenvalue weighted by atomic mass is 32.2. The zero-order chi connectivity index (χ0) is 17.4. The second-order valence-electron chi connectivity index (χ2n) is 8.30.